The SMILES string of the molecule is CON(C)C(=O)[C@H]1C[C@@H]2[C@H](CC3c4ccccc4C[C@@]31C)N(c1ccc(F)cc1)C(=O)N2C/C=C(\C)CCC=C(C)C. The number of urea groups is 1. The first kappa shape index (κ1) is 30.0. The maximum absolute atomic E-state index is 14.3. The number of carbonyl (C=O) groups is 2. The van der Waals surface area contributed by atoms with Crippen LogP contribution in [0.1, 0.15) is 70.4 Å². The number of amides is 3. The third kappa shape index (κ3) is 5.51. The van der Waals surface area contributed by atoms with Gasteiger partial charge in [-0.05, 0) is 99.6 Å². The highest BCUT2D eigenvalue weighted by molar-refractivity contribution is 5.96. The van der Waals surface area contributed by atoms with E-state index in [1.54, 1.807) is 19.2 Å². The molecule has 1 saturated heterocycles. The molecular weight excluding hydrogens is 529 g/mol. The van der Waals surface area contributed by atoms with Crippen LogP contribution in [0.3, 0.4) is 0 Å². The van der Waals surface area contributed by atoms with E-state index in [-0.39, 0.29) is 47.1 Å². The van der Waals surface area contributed by atoms with Crippen molar-refractivity contribution in [2.45, 2.75) is 77.8 Å². The zero-order chi connectivity index (χ0) is 30.2. The number of benzene rings is 2. The van der Waals surface area contributed by atoms with Crippen molar-refractivity contribution in [1.29, 1.82) is 0 Å². The van der Waals surface area contributed by atoms with Gasteiger partial charge in [0.25, 0.3) is 0 Å². The van der Waals surface area contributed by atoms with Gasteiger partial charge in [-0.3, -0.25) is 14.5 Å². The van der Waals surface area contributed by atoms with Gasteiger partial charge in [0.1, 0.15) is 5.82 Å². The van der Waals surface area contributed by atoms with Crippen molar-refractivity contribution in [3.63, 3.8) is 0 Å². The summed E-state index contributed by atoms with van der Waals surface area (Å²) < 4.78 is 14.0. The molecule has 5 rings (SSSR count). The van der Waals surface area contributed by atoms with Crippen molar-refractivity contribution in [1.82, 2.24) is 9.96 Å². The Bertz CT molecular complexity index is 1380. The van der Waals surface area contributed by atoms with Crippen LogP contribution >= 0.6 is 0 Å². The second-order valence-corrected chi connectivity index (χ2v) is 12.8. The lowest BCUT2D eigenvalue weighted by Crippen LogP contribution is -2.45. The highest BCUT2D eigenvalue weighted by atomic mass is 19.1. The van der Waals surface area contributed by atoms with Gasteiger partial charge in [-0.25, -0.2) is 14.2 Å². The first-order chi connectivity index (χ1) is 20.0. The molecule has 0 radical (unpaired) electrons. The Morgan fingerprint density at radius 1 is 1.07 bits per heavy atom. The topological polar surface area (TPSA) is 53.1 Å². The van der Waals surface area contributed by atoms with Gasteiger partial charge in [-0.1, -0.05) is 54.5 Å². The molecule has 6 nitrogen and oxygen atoms in total. The van der Waals surface area contributed by atoms with Crippen LogP contribution in [0.4, 0.5) is 14.9 Å². The highest BCUT2D eigenvalue weighted by Crippen LogP contribution is 2.59. The summed E-state index contributed by atoms with van der Waals surface area (Å²) in [5, 5.41) is 1.35. The van der Waals surface area contributed by atoms with E-state index in [1.165, 1.54) is 46.6 Å². The molecule has 2 aromatic carbocycles. The van der Waals surface area contributed by atoms with Crippen molar-refractivity contribution < 1.29 is 18.8 Å². The Morgan fingerprint density at radius 3 is 2.48 bits per heavy atom. The molecule has 0 spiro atoms. The van der Waals surface area contributed by atoms with E-state index < -0.39 is 0 Å². The summed E-state index contributed by atoms with van der Waals surface area (Å²) in [6, 6.07) is 14.3. The van der Waals surface area contributed by atoms with Crippen LogP contribution in [0.15, 0.2) is 71.8 Å². The number of carbonyl (C=O) groups excluding carboxylic acids is 2. The molecule has 2 fully saturated rings. The van der Waals surface area contributed by atoms with Gasteiger partial charge in [-0.15, -0.1) is 0 Å². The van der Waals surface area contributed by atoms with Gasteiger partial charge >= 0.3 is 6.03 Å². The Hall–Kier alpha value is -3.45. The number of anilines is 1. The zero-order valence-corrected chi connectivity index (χ0v) is 25.8. The van der Waals surface area contributed by atoms with Crippen molar-refractivity contribution in [3.8, 4) is 0 Å². The summed E-state index contributed by atoms with van der Waals surface area (Å²) in [6.07, 6.45) is 8.34. The Kier molecular flexibility index (Phi) is 8.61. The molecule has 7 heteroatoms. The number of hydrogen-bond acceptors (Lipinski definition) is 3. The van der Waals surface area contributed by atoms with Gasteiger partial charge in [0.05, 0.1) is 19.2 Å². The highest BCUT2D eigenvalue weighted by Gasteiger charge is 2.59. The summed E-state index contributed by atoms with van der Waals surface area (Å²) in [7, 11) is 3.19. The van der Waals surface area contributed by atoms with Gasteiger partial charge in [-0.2, -0.15) is 0 Å². The van der Waals surface area contributed by atoms with Gasteiger partial charge in [0.2, 0.25) is 5.91 Å². The number of fused-ring (bicyclic) bond motifs is 4. The number of hydroxylamine groups is 2. The minimum absolute atomic E-state index is 0.0560. The zero-order valence-electron chi connectivity index (χ0n) is 25.8. The number of hydrogen-bond donors (Lipinski definition) is 0. The van der Waals surface area contributed by atoms with Crippen LogP contribution in [0.25, 0.3) is 0 Å². The van der Waals surface area contributed by atoms with Crippen LogP contribution < -0.4 is 4.90 Å². The monoisotopic (exact) mass is 573 g/mol. The molecule has 3 aliphatic rings. The summed E-state index contributed by atoms with van der Waals surface area (Å²) in [6.45, 7) is 9.03. The van der Waals surface area contributed by atoms with Crippen LogP contribution in [-0.2, 0) is 16.1 Å². The normalized spacial score (nSPS) is 26.8. The second kappa shape index (κ2) is 12.0. The third-order valence-corrected chi connectivity index (χ3v) is 9.89. The summed E-state index contributed by atoms with van der Waals surface area (Å²) in [5.74, 6) is -0.652. The maximum atomic E-state index is 14.3. The Morgan fingerprint density at radius 2 is 1.79 bits per heavy atom. The van der Waals surface area contributed by atoms with E-state index in [2.05, 4.69) is 64.1 Å². The number of rotatable bonds is 8. The number of nitrogens with zero attached hydrogens (tertiary/aromatic N) is 3. The van der Waals surface area contributed by atoms with E-state index in [4.69, 9.17) is 4.84 Å². The molecule has 0 bridgehead atoms. The smallest absolute Gasteiger partial charge is 0.316 e. The predicted molar refractivity (Wildman–Crippen MR) is 164 cm³/mol. The van der Waals surface area contributed by atoms with E-state index >= 15 is 0 Å². The predicted octanol–water partition coefficient (Wildman–Crippen LogP) is 7.27. The molecule has 1 aliphatic heterocycles. The van der Waals surface area contributed by atoms with Crippen molar-refractivity contribution in [3.05, 3.63) is 88.8 Å². The molecule has 224 valence electrons. The lowest BCUT2D eigenvalue weighted by molar-refractivity contribution is -0.178. The maximum Gasteiger partial charge on any atom is 0.325 e. The standard InChI is InChI=1S/C35H44FN3O3/c1-23(2)10-9-11-24(3)18-19-38-31-21-30(33(40)37(5)42-6)35(4)22-25-12-7-8-13-28(25)29(35)20-32(31)39(34(38)41)27-16-14-26(36)15-17-27/h7-8,10,12-18,29-32H,9,11,19-22H2,1-6H3/b24-18+/t29?,30-,31-,32+,35+/m1/s1. The Labute approximate surface area is 249 Å². The first-order valence-corrected chi connectivity index (χ1v) is 15.1. The summed E-state index contributed by atoms with van der Waals surface area (Å²) in [5.41, 5.74) is 5.41. The average molecular weight is 574 g/mol. The van der Waals surface area contributed by atoms with Gasteiger partial charge in [0, 0.05) is 25.2 Å². The lowest BCUT2D eigenvalue weighted by Gasteiger charge is -2.39. The fourth-order valence-corrected chi connectivity index (χ4v) is 7.54. The number of halogens is 1. The van der Waals surface area contributed by atoms with Crippen molar-refractivity contribution in [2.75, 3.05) is 25.6 Å². The van der Waals surface area contributed by atoms with E-state index in [0.717, 1.165) is 25.7 Å². The third-order valence-electron chi connectivity index (χ3n) is 9.89. The molecule has 5 atom stereocenters. The molecule has 2 aromatic rings. The molecule has 0 N–H and O–H groups in total. The van der Waals surface area contributed by atoms with Gasteiger partial charge < -0.3 is 4.90 Å². The minimum atomic E-state index is -0.346. The molecule has 0 aromatic heterocycles. The van der Waals surface area contributed by atoms with E-state index in [1.807, 2.05) is 9.80 Å². The largest absolute Gasteiger partial charge is 0.325 e. The van der Waals surface area contributed by atoms with E-state index in [9.17, 15) is 14.0 Å². The molecule has 1 heterocycles. The number of allylic oxidation sites excluding steroid dienone is 3. The fourth-order valence-electron chi connectivity index (χ4n) is 7.54. The minimum Gasteiger partial charge on any atom is -0.316 e. The van der Waals surface area contributed by atoms with Crippen LogP contribution in [0, 0.1) is 17.2 Å². The molecule has 1 unspecified atom stereocenters. The summed E-state index contributed by atoms with van der Waals surface area (Å²) >= 11 is 0. The van der Waals surface area contributed by atoms with Crippen LogP contribution in [-0.4, -0.2) is 54.7 Å². The van der Waals surface area contributed by atoms with Crippen LogP contribution in [0.2, 0.25) is 0 Å². The molecular formula is C35H44FN3O3. The molecule has 2 aliphatic carbocycles. The lowest BCUT2D eigenvalue weighted by atomic mass is 9.67. The fraction of sp³-hybridized carbons (Fsp3) is 0.486. The Balaban J connectivity index is 1.57. The van der Waals surface area contributed by atoms with Crippen molar-refractivity contribution >= 4 is 17.6 Å². The van der Waals surface area contributed by atoms with Crippen molar-refractivity contribution in [2.24, 2.45) is 11.3 Å². The quantitative estimate of drug-likeness (QED) is 0.246. The molecule has 42 heavy (non-hydrogen) atoms. The van der Waals surface area contributed by atoms with Gasteiger partial charge in [0.15, 0.2) is 0 Å². The van der Waals surface area contributed by atoms with E-state index in [0.29, 0.717) is 18.7 Å². The second-order valence-electron chi connectivity index (χ2n) is 12.8. The summed E-state index contributed by atoms with van der Waals surface area (Å²) in [4.78, 5) is 37.5. The molecule has 1 saturated carbocycles. The molecule has 3 amide bonds. The average Bonchev–Trinajstić information content (AvgIpc) is 3.35. The van der Waals surface area contributed by atoms with Crippen LogP contribution in [0.5, 0.6) is 0 Å². The first-order valence-electron chi connectivity index (χ1n) is 15.1.